The van der Waals surface area contributed by atoms with Crippen LogP contribution in [0.3, 0.4) is 0 Å². The van der Waals surface area contributed by atoms with E-state index in [1.165, 1.54) is 5.56 Å². The van der Waals surface area contributed by atoms with Crippen molar-refractivity contribution in [1.29, 1.82) is 0 Å². The summed E-state index contributed by atoms with van der Waals surface area (Å²) in [4.78, 5) is 11.5. The molecule has 0 aromatic heterocycles. The number of carbonyl (C=O) groups excluding carboxylic acids is 1. The van der Waals surface area contributed by atoms with Gasteiger partial charge in [-0.1, -0.05) is 57.5 Å². The molecule has 3 heteroatoms. The zero-order valence-corrected chi connectivity index (χ0v) is 12.2. The molecular weight excluding hydrogens is 238 g/mol. The summed E-state index contributed by atoms with van der Waals surface area (Å²) in [6.45, 7) is 7.96. The minimum absolute atomic E-state index is 0.00492. The molecule has 1 N–H and O–H groups in total. The summed E-state index contributed by atoms with van der Waals surface area (Å²) in [5.41, 5.74) is 1.27. The van der Waals surface area contributed by atoms with Gasteiger partial charge in [0, 0.05) is 12.0 Å². The largest absolute Gasteiger partial charge is 0.465 e. The average Bonchev–Trinajstić information content (AvgIpc) is 2.40. The first kappa shape index (κ1) is 15.7. The Morgan fingerprint density at radius 2 is 1.95 bits per heavy atom. The molecule has 0 atom stereocenters. The summed E-state index contributed by atoms with van der Waals surface area (Å²) in [7, 11) is 0. The molecule has 0 fully saturated rings. The van der Waals surface area contributed by atoms with E-state index in [4.69, 9.17) is 4.74 Å². The van der Waals surface area contributed by atoms with E-state index in [1.54, 1.807) is 0 Å². The lowest BCUT2D eigenvalue weighted by Crippen LogP contribution is -2.36. The third kappa shape index (κ3) is 5.88. The van der Waals surface area contributed by atoms with Crippen LogP contribution in [0.5, 0.6) is 0 Å². The second kappa shape index (κ2) is 7.95. The van der Waals surface area contributed by atoms with Crippen LogP contribution in [0.1, 0.15) is 39.2 Å². The molecule has 106 valence electrons. The summed E-state index contributed by atoms with van der Waals surface area (Å²) in [5, 5.41) is 3.18. The number of rotatable bonds is 8. The number of esters is 1. The maximum absolute atomic E-state index is 11.5. The van der Waals surface area contributed by atoms with Gasteiger partial charge in [0.25, 0.3) is 0 Å². The first-order chi connectivity index (χ1) is 9.06. The van der Waals surface area contributed by atoms with Crippen molar-refractivity contribution in [2.75, 3.05) is 19.7 Å². The van der Waals surface area contributed by atoms with Crippen molar-refractivity contribution >= 4 is 5.97 Å². The summed E-state index contributed by atoms with van der Waals surface area (Å²) < 4.78 is 5.10. The SMILES string of the molecule is CCCCOC(=O)CNCC(C)(C)c1ccccc1. The smallest absolute Gasteiger partial charge is 0.319 e. The zero-order valence-electron chi connectivity index (χ0n) is 12.2. The Labute approximate surface area is 116 Å². The van der Waals surface area contributed by atoms with Gasteiger partial charge in [0.15, 0.2) is 0 Å². The summed E-state index contributed by atoms with van der Waals surface area (Å²) in [6, 6.07) is 10.3. The Kier molecular flexibility index (Phi) is 6.57. The zero-order chi connectivity index (χ0) is 14.1. The summed E-state index contributed by atoms with van der Waals surface area (Å²) >= 11 is 0. The van der Waals surface area contributed by atoms with Gasteiger partial charge < -0.3 is 10.1 Å². The molecule has 0 heterocycles. The van der Waals surface area contributed by atoms with Gasteiger partial charge in [-0.15, -0.1) is 0 Å². The second-order valence-corrected chi connectivity index (χ2v) is 5.43. The fourth-order valence-electron chi connectivity index (χ4n) is 1.85. The van der Waals surface area contributed by atoms with Crippen LogP contribution in [0.25, 0.3) is 0 Å². The molecule has 0 bridgehead atoms. The minimum Gasteiger partial charge on any atom is -0.465 e. The molecule has 0 aliphatic heterocycles. The molecule has 0 unspecified atom stereocenters. The molecule has 0 radical (unpaired) electrons. The highest BCUT2D eigenvalue weighted by molar-refractivity contribution is 5.71. The van der Waals surface area contributed by atoms with Gasteiger partial charge in [0.2, 0.25) is 0 Å². The Morgan fingerprint density at radius 1 is 1.26 bits per heavy atom. The molecule has 1 aromatic rings. The van der Waals surface area contributed by atoms with E-state index < -0.39 is 0 Å². The van der Waals surface area contributed by atoms with Crippen LogP contribution in [0, 0.1) is 0 Å². The third-order valence-corrected chi connectivity index (χ3v) is 3.15. The van der Waals surface area contributed by atoms with Crippen molar-refractivity contribution in [3.8, 4) is 0 Å². The van der Waals surface area contributed by atoms with Crippen LogP contribution in [0.15, 0.2) is 30.3 Å². The van der Waals surface area contributed by atoms with Gasteiger partial charge in [0.1, 0.15) is 0 Å². The quantitative estimate of drug-likeness (QED) is 0.579. The molecule has 3 nitrogen and oxygen atoms in total. The van der Waals surface area contributed by atoms with Crippen LogP contribution in [0.4, 0.5) is 0 Å². The van der Waals surface area contributed by atoms with Crippen molar-refractivity contribution < 1.29 is 9.53 Å². The van der Waals surface area contributed by atoms with Crippen molar-refractivity contribution in [2.45, 2.75) is 39.0 Å². The number of unbranched alkanes of at least 4 members (excludes halogenated alkanes) is 1. The lowest BCUT2D eigenvalue weighted by molar-refractivity contribution is -0.142. The molecule has 0 spiro atoms. The van der Waals surface area contributed by atoms with Crippen LogP contribution in [-0.2, 0) is 14.9 Å². The van der Waals surface area contributed by atoms with E-state index >= 15 is 0 Å². The molecule has 0 saturated heterocycles. The Hall–Kier alpha value is -1.35. The molecule has 0 saturated carbocycles. The van der Waals surface area contributed by atoms with E-state index in [2.05, 4.69) is 38.2 Å². The molecule has 19 heavy (non-hydrogen) atoms. The first-order valence-electron chi connectivity index (χ1n) is 6.98. The molecule has 1 rings (SSSR count). The van der Waals surface area contributed by atoms with Crippen molar-refractivity contribution in [2.24, 2.45) is 0 Å². The number of hydrogen-bond donors (Lipinski definition) is 1. The number of carbonyl (C=O) groups is 1. The minimum atomic E-state index is -0.169. The van der Waals surface area contributed by atoms with Gasteiger partial charge in [0.05, 0.1) is 13.2 Å². The van der Waals surface area contributed by atoms with Gasteiger partial charge in [-0.25, -0.2) is 0 Å². The van der Waals surface area contributed by atoms with Gasteiger partial charge in [-0.3, -0.25) is 4.79 Å². The van der Waals surface area contributed by atoms with Crippen LogP contribution in [0.2, 0.25) is 0 Å². The highest BCUT2D eigenvalue weighted by Crippen LogP contribution is 2.21. The predicted molar refractivity (Wildman–Crippen MR) is 78.2 cm³/mol. The third-order valence-electron chi connectivity index (χ3n) is 3.15. The fourth-order valence-corrected chi connectivity index (χ4v) is 1.85. The summed E-state index contributed by atoms with van der Waals surface area (Å²) in [5.74, 6) is -0.169. The average molecular weight is 263 g/mol. The number of hydrogen-bond acceptors (Lipinski definition) is 3. The van der Waals surface area contributed by atoms with E-state index in [0.29, 0.717) is 6.61 Å². The topological polar surface area (TPSA) is 38.3 Å². The molecule has 0 aliphatic carbocycles. The number of ether oxygens (including phenoxy) is 1. The van der Waals surface area contributed by atoms with Crippen molar-refractivity contribution in [3.63, 3.8) is 0 Å². The molecule has 0 aliphatic rings. The predicted octanol–water partition coefficient (Wildman–Crippen LogP) is 2.90. The van der Waals surface area contributed by atoms with E-state index in [9.17, 15) is 4.79 Å². The van der Waals surface area contributed by atoms with E-state index in [-0.39, 0.29) is 17.9 Å². The first-order valence-corrected chi connectivity index (χ1v) is 6.98. The number of benzene rings is 1. The standard InChI is InChI=1S/C16H25NO2/c1-4-5-11-19-15(18)12-17-13-16(2,3)14-9-7-6-8-10-14/h6-10,17H,4-5,11-13H2,1-3H3. The van der Waals surface area contributed by atoms with Crippen LogP contribution < -0.4 is 5.32 Å². The van der Waals surface area contributed by atoms with Gasteiger partial charge in [-0.05, 0) is 12.0 Å². The van der Waals surface area contributed by atoms with E-state index in [1.807, 2.05) is 18.2 Å². The Morgan fingerprint density at radius 3 is 2.58 bits per heavy atom. The molecule has 1 aromatic carbocycles. The van der Waals surface area contributed by atoms with Gasteiger partial charge in [-0.2, -0.15) is 0 Å². The lowest BCUT2D eigenvalue weighted by Gasteiger charge is -2.25. The maximum Gasteiger partial charge on any atom is 0.319 e. The monoisotopic (exact) mass is 263 g/mol. The highest BCUT2D eigenvalue weighted by atomic mass is 16.5. The van der Waals surface area contributed by atoms with Crippen molar-refractivity contribution in [3.05, 3.63) is 35.9 Å². The lowest BCUT2D eigenvalue weighted by atomic mass is 9.85. The summed E-state index contributed by atoms with van der Waals surface area (Å²) in [6.07, 6.45) is 1.98. The second-order valence-electron chi connectivity index (χ2n) is 5.43. The normalized spacial score (nSPS) is 11.3. The maximum atomic E-state index is 11.5. The van der Waals surface area contributed by atoms with Gasteiger partial charge >= 0.3 is 5.97 Å². The van der Waals surface area contributed by atoms with Crippen molar-refractivity contribution in [1.82, 2.24) is 5.32 Å². The fraction of sp³-hybridized carbons (Fsp3) is 0.562. The Bertz CT molecular complexity index is 374. The Balaban J connectivity index is 2.30. The van der Waals surface area contributed by atoms with E-state index in [0.717, 1.165) is 19.4 Å². The molecule has 0 amide bonds. The van der Waals surface area contributed by atoms with Crippen LogP contribution in [-0.4, -0.2) is 25.7 Å². The number of nitrogens with one attached hydrogen (secondary N) is 1. The highest BCUT2D eigenvalue weighted by Gasteiger charge is 2.20. The molecular formula is C16H25NO2. The van der Waals surface area contributed by atoms with Crippen LogP contribution >= 0.6 is 0 Å².